The second kappa shape index (κ2) is 12.9. The number of pyridine rings is 1. The zero-order valence-electron chi connectivity index (χ0n) is 18.3. The van der Waals surface area contributed by atoms with E-state index in [2.05, 4.69) is 24.1 Å². The zero-order chi connectivity index (χ0) is 23.4. The minimum atomic E-state index is -3.67. The maximum atomic E-state index is 11.1. The van der Waals surface area contributed by atoms with Gasteiger partial charge in [0.2, 0.25) is 11.8 Å². The number of ether oxygens (including phenoxy) is 2. The summed E-state index contributed by atoms with van der Waals surface area (Å²) < 4.78 is 37.0. The highest BCUT2D eigenvalue weighted by atomic mass is 32.2. The second-order valence-electron chi connectivity index (χ2n) is 7.28. The fraction of sp³-hybridized carbons (Fsp3) is 0.429. The fourth-order valence-electron chi connectivity index (χ4n) is 2.47. The van der Waals surface area contributed by atoms with E-state index in [0.29, 0.717) is 29.2 Å². The maximum Gasteiger partial charge on any atom is 0.261 e. The molecule has 0 fully saturated rings. The van der Waals surface area contributed by atoms with E-state index >= 15 is 0 Å². The first-order valence-electron chi connectivity index (χ1n) is 9.73. The summed E-state index contributed by atoms with van der Waals surface area (Å²) in [6, 6.07) is 8.97. The number of nitrogens with two attached hydrogens (primary N) is 1. The van der Waals surface area contributed by atoms with Gasteiger partial charge in [-0.3, -0.25) is 9.35 Å². The van der Waals surface area contributed by atoms with Crippen molar-refractivity contribution in [2.45, 2.75) is 33.2 Å². The topological polar surface area (TPSA) is 141 Å². The lowest BCUT2D eigenvalue weighted by molar-refractivity contribution is 0.1000. The molecule has 0 spiro atoms. The number of carbonyl (C=O) groups is 1. The summed E-state index contributed by atoms with van der Waals surface area (Å²) in [7, 11) is -2.06. The molecular formula is C21H31N3O6S. The van der Waals surface area contributed by atoms with Gasteiger partial charge in [0.25, 0.3) is 10.1 Å². The number of methoxy groups -OCH3 is 1. The smallest absolute Gasteiger partial charge is 0.261 e. The van der Waals surface area contributed by atoms with Crippen molar-refractivity contribution < 1.29 is 27.2 Å². The molecule has 2 rings (SSSR count). The third kappa shape index (κ3) is 11.9. The van der Waals surface area contributed by atoms with Crippen molar-refractivity contribution in [1.82, 2.24) is 10.3 Å². The molecule has 0 bridgehead atoms. The van der Waals surface area contributed by atoms with Gasteiger partial charge in [0.1, 0.15) is 0 Å². The number of benzene rings is 1. The quantitative estimate of drug-likeness (QED) is 0.368. The van der Waals surface area contributed by atoms with E-state index in [1.54, 1.807) is 19.2 Å². The highest BCUT2D eigenvalue weighted by Crippen LogP contribution is 2.31. The normalized spacial score (nSPS) is 10.9. The van der Waals surface area contributed by atoms with Gasteiger partial charge in [-0.25, -0.2) is 4.98 Å². The van der Waals surface area contributed by atoms with Crippen LogP contribution in [0.2, 0.25) is 0 Å². The van der Waals surface area contributed by atoms with E-state index < -0.39 is 16.0 Å². The average Bonchev–Trinajstić information content (AvgIpc) is 2.67. The number of aromatic nitrogens is 1. The van der Waals surface area contributed by atoms with Gasteiger partial charge in [0.05, 0.1) is 18.9 Å². The number of rotatable bonds is 10. The molecule has 1 aromatic heterocycles. The van der Waals surface area contributed by atoms with E-state index in [0.717, 1.165) is 24.6 Å². The van der Waals surface area contributed by atoms with Gasteiger partial charge in [-0.1, -0.05) is 19.9 Å². The van der Waals surface area contributed by atoms with Crippen molar-refractivity contribution in [2.24, 2.45) is 11.7 Å². The number of carbonyl (C=O) groups excluding carboxylic acids is 1. The first kappa shape index (κ1) is 26.3. The number of hydrogen-bond acceptors (Lipinski definition) is 7. The first-order valence-corrected chi connectivity index (χ1v) is 11.6. The lowest BCUT2D eigenvalue weighted by Gasteiger charge is -2.12. The Bertz CT molecular complexity index is 923. The van der Waals surface area contributed by atoms with Crippen LogP contribution in [0.1, 0.15) is 42.6 Å². The highest BCUT2D eigenvalue weighted by molar-refractivity contribution is 7.85. The van der Waals surface area contributed by atoms with Crippen molar-refractivity contribution in [3.63, 3.8) is 0 Å². The van der Waals surface area contributed by atoms with Crippen LogP contribution in [0.4, 0.5) is 0 Å². The van der Waals surface area contributed by atoms with Crippen LogP contribution in [0.25, 0.3) is 0 Å². The number of nitrogens with one attached hydrogen (secondary N) is 1. The average molecular weight is 454 g/mol. The molecule has 0 aliphatic carbocycles. The Morgan fingerprint density at radius 3 is 2.42 bits per heavy atom. The predicted octanol–water partition coefficient (Wildman–Crippen LogP) is 3.01. The zero-order valence-corrected chi connectivity index (χ0v) is 19.1. The molecule has 0 radical (unpaired) electrons. The third-order valence-corrected chi connectivity index (χ3v) is 3.93. The van der Waals surface area contributed by atoms with E-state index in [1.165, 1.54) is 19.0 Å². The number of hydrogen-bond donors (Lipinski definition) is 3. The molecule has 0 aliphatic rings. The standard InChI is InChI=1S/C20H27N3O3.CH4O3S/c1-14(2)5-4-10-22-12-15-6-8-17(18(11-15)25-3)26-19-9-7-16(13-23-19)20(21)24;1-5(2,3)4/h6-9,11,13-14,22H,4-5,10,12H2,1-3H3,(H2,21,24);1H3,(H,2,3,4). The SMILES string of the molecule is COc1cc(CNCCCC(C)C)ccc1Oc1ccc(C(N)=O)cn1.CS(=O)(=O)O. The summed E-state index contributed by atoms with van der Waals surface area (Å²) in [6.07, 6.45) is 4.50. The summed E-state index contributed by atoms with van der Waals surface area (Å²) in [5, 5.41) is 3.44. The molecule has 0 saturated carbocycles. The van der Waals surface area contributed by atoms with E-state index in [4.69, 9.17) is 19.8 Å². The molecule has 0 saturated heterocycles. The molecule has 0 aliphatic heterocycles. The van der Waals surface area contributed by atoms with Crippen LogP contribution in [-0.2, 0) is 16.7 Å². The molecule has 10 heteroatoms. The van der Waals surface area contributed by atoms with Gasteiger partial charge in [-0.15, -0.1) is 0 Å². The highest BCUT2D eigenvalue weighted by Gasteiger charge is 2.09. The maximum absolute atomic E-state index is 11.1. The predicted molar refractivity (Wildman–Crippen MR) is 119 cm³/mol. The second-order valence-corrected chi connectivity index (χ2v) is 8.75. The molecule has 31 heavy (non-hydrogen) atoms. The Morgan fingerprint density at radius 1 is 1.23 bits per heavy atom. The summed E-state index contributed by atoms with van der Waals surface area (Å²) in [5.41, 5.74) is 6.66. The molecule has 1 heterocycles. The van der Waals surface area contributed by atoms with Gasteiger partial charge < -0.3 is 20.5 Å². The van der Waals surface area contributed by atoms with Crippen molar-refractivity contribution in [1.29, 1.82) is 0 Å². The van der Waals surface area contributed by atoms with Gasteiger partial charge in [0, 0.05) is 18.8 Å². The largest absolute Gasteiger partial charge is 0.493 e. The minimum Gasteiger partial charge on any atom is -0.493 e. The van der Waals surface area contributed by atoms with Crippen LogP contribution in [0.15, 0.2) is 36.5 Å². The monoisotopic (exact) mass is 453 g/mol. The number of primary amides is 1. The molecule has 1 aromatic carbocycles. The Morgan fingerprint density at radius 2 is 1.90 bits per heavy atom. The summed E-state index contributed by atoms with van der Waals surface area (Å²) in [5.74, 6) is 1.78. The van der Waals surface area contributed by atoms with Crippen LogP contribution in [0, 0.1) is 5.92 Å². The molecule has 1 amide bonds. The van der Waals surface area contributed by atoms with Crippen LogP contribution < -0.4 is 20.5 Å². The fourth-order valence-corrected chi connectivity index (χ4v) is 2.47. The van der Waals surface area contributed by atoms with Crippen LogP contribution in [-0.4, -0.2) is 43.8 Å². The van der Waals surface area contributed by atoms with Crippen molar-refractivity contribution in [2.75, 3.05) is 19.9 Å². The van der Waals surface area contributed by atoms with Crippen LogP contribution in [0.3, 0.4) is 0 Å². The van der Waals surface area contributed by atoms with Gasteiger partial charge in [-0.05, 0) is 49.1 Å². The number of amides is 1. The Balaban J connectivity index is 0.000000861. The Labute approximate surface area is 183 Å². The molecular weight excluding hydrogens is 422 g/mol. The van der Waals surface area contributed by atoms with Gasteiger partial charge in [0.15, 0.2) is 11.5 Å². The van der Waals surface area contributed by atoms with Crippen molar-refractivity contribution in [3.8, 4) is 17.4 Å². The minimum absolute atomic E-state index is 0.336. The summed E-state index contributed by atoms with van der Waals surface area (Å²) in [4.78, 5) is 15.2. The van der Waals surface area contributed by atoms with E-state index in [1.807, 2.05) is 18.2 Å². The molecule has 172 valence electrons. The van der Waals surface area contributed by atoms with Gasteiger partial charge >= 0.3 is 0 Å². The lowest BCUT2D eigenvalue weighted by atomic mass is 10.1. The van der Waals surface area contributed by atoms with Crippen LogP contribution in [0.5, 0.6) is 17.4 Å². The van der Waals surface area contributed by atoms with Crippen LogP contribution >= 0.6 is 0 Å². The number of nitrogens with zero attached hydrogens (tertiary/aromatic N) is 1. The lowest BCUT2D eigenvalue weighted by Crippen LogP contribution is -2.15. The Kier molecular flexibility index (Phi) is 10.9. The summed E-state index contributed by atoms with van der Waals surface area (Å²) >= 11 is 0. The van der Waals surface area contributed by atoms with Crippen molar-refractivity contribution >= 4 is 16.0 Å². The molecule has 2 aromatic rings. The Hall–Kier alpha value is -2.69. The molecule has 0 atom stereocenters. The van der Waals surface area contributed by atoms with E-state index in [9.17, 15) is 13.2 Å². The molecule has 0 unspecified atom stereocenters. The first-order chi connectivity index (χ1) is 14.5. The third-order valence-electron chi connectivity index (χ3n) is 3.93. The summed E-state index contributed by atoms with van der Waals surface area (Å²) in [6.45, 7) is 6.24. The van der Waals surface area contributed by atoms with Gasteiger partial charge in [-0.2, -0.15) is 8.42 Å². The van der Waals surface area contributed by atoms with Crippen molar-refractivity contribution in [3.05, 3.63) is 47.7 Å². The molecule has 4 N–H and O–H groups in total. The van der Waals surface area contributed by atoms with E-state index in [-0.39, 0.29) is 0 Å². The molecule has 9 nitrogen and oxygen atoms in total.